The zero-order valence-electron chi connectivity index (χ0n) is 19.1. The summed E-state index contributed by atoms with van der Waals surface area (Å²) in [6, 6.07) is 12.2. The number of halogens is 1. The molecule has 2 N–H and O–H groups in total. The zero-order valence-corrected chi connectivity index (χ0v) is 19.1. The third kappa shape index (κ3) is 6.09. The number of aromatic amines is 1. The number of aryl methyl sites for hydroxylation is 1. The fraction of sp³-hybridized carbons (Fsp3) is 0.400. The highest BCUT2D eigenvalue weighted by molar-refractivity contribution is 5.74. The number of amides is 2. The molecular weight excluding hydrogens is 419 g/mol. The molecule has 1 saturated heterocycles. The molecule has 3 aromatic rings. The maximum absolute atomic E-state index is 13.4. The van der Waals surface area contributed by atoms with Crippen LogP contribution in [0.3, 0.4) is 0 Å². The average molecular weight is 451 g/mol. The van der Waals surface area contributed by atoms with Crippen molar-refractivity contribution in [3.63, 3.8) is 0 Å². The molecule has 174 valence electrons. The van der Waals surface area contributed by atoms with Crippen LogP contribution in [-0.2, 0) is 13.0 Å². The van der Waals surface area contributed by atoms with Crippen LogP contribution >= 0.6 is 0 Å². The van der Waals surface area contributed by atoms with Gasteiger partial charge in [-0.05, 0) is 56.4 Å². The van der Waals surface area contributed by atoms with Crippen molar-refractivity contribution in [2.45, 2.75) is 38.6 Å². The number of benzene rings is 1. The number of hydrogen-bond donors (Lipinski definition) is 2. The van der Waals surface area contributed by atoms with Crippen LogP contribution in [0.2, 0.25) is 0 Å². The summed E-state index contributed by atoms with van der Waals surface area (Å²) in [6.45, 7) is 3.12. The van der Waals surface area contributed by atoms with Crippen LogP contribution in [0, 0.1) is 5.82 Å². The van der Waals surface area contributed by atoms with Crippen LogP contribution in [0.5, 0.6) is 0 Å². The van der Waals surface area contributed by atoms with E-state index in [1.807, 2.05) is 30.5 Å². The summed E-state index contributed by atoms with van der Waals surface area (Å²) in [5, 5.41) is 10.3. The molecule has 1 aliphatic heterocycles. The highest BCUT2D eigenvalue weighted by atomic mass is 19.1. The Bertz CT molecular complexity index is 1060. The van der Waals surface area contributed by atoms with Crippen molar-refractivity contribution < 1.29 is 9.18 Å². The van der Waals surface area contributed by atoms with Crippen LogP contribution in [0.1, 0.15) is 36.9 Å². The summed E-state index contributed by atoms with van der Waals surface area (Å²) in [5.41, 5.74) is 3.47. The second kappa shape index (κ2) is 10.9. The second-order valence-corrected chi connectivity index (χ2v) is 8.51. The SMILES string of the molecule is CN(CCCc1cc(-c2cccc(F)c2)n[nH]1)C(=O)NCc1cccnc1N1CCCCC1. The van der Waals surface area contributed by atoms with E-state index >= 15 is 0 Å². The molecule has 4 rings (SSSR count). The van der Waals surface area contributed by atoms with E-state index in [2.05, 4.69) is 25.4 Å². The minimum atomic E-state index is -0.279. The molecule has 0 spiro atoms. The van der Waals surface area contributed by atoms with Crippen molar-refractivity contribution in [3.8, 4) is 11.3 Å². The molecule has 33 heavy (non-hydrogen) atoms. The van der Waals surface area contributed by atoms with Crippen LogP contribution < -0.4 is 10.2 Å². The Hall–Kier alpha value is -3.42. The molecule has 2 amide bonds. The summed E-state index contributed by atoms with van der Waals surface area (Å²) >= 11 is 0. The van der Waals surface area contributed by atoms with E-state index < -0.39 is 0 Å². The number of anilines is 1. The number of piperidine rings is 1. The Morgan fingerprint density at radius 3 is 2.85 bits per heavy atom. The molecule has 1 aliphatic rings. The Kier molecular flexibility index (Phi) is 7.55. The number of rotatable bonds is 8. The Labute approximate surface area is 194 Å². The quantitative estimate of drug-likeness (QED) is 0.534. The molecule has 1 fully saturated rings. The standard InChI is InChI=1S/C25H31FN6O/c1-31(13-7-11-22-17-23(30-29-22)19-8-5-10-21(26)16-19)25(33)28-18-20-9-6-12-27-24(20)32-14-3-2-4-15-32/h5-6,8-10,12,16-17H,2-4,7,11,13-15,18H2,1H3,(H,28,33)(H,29,30). The number of carbonyl (C=O) groups is 1. The average Bonchev–Trinajstić information content (AvgIpc) is 3.32. The van der Waals surface area contributed by atoms with Crippen LogP contribution in [0.15, 0.2) is 48.7 Å². The molecule has 0 saturated carbocycles. The van der Waals surface area contributed by atoms with Gasteiger partial charge < -0.3 is 15.1 Å². The first-order valence-corrected chi connectivity index (χ1v) is 11.6. The van der Waals surface area contributed by atoms with Gasteiger partial charge in [-0.25, -0.2) is 14.2 Å². The maximum Gasteiger partial charge on any atom is 0.317 e. The first-order valence-electron chi connectivity index (χ1n) is 11.6. The Balaban J connectivity index is 1.24. The topological polar surface area (TPSA) is 77.1 Å². The largest absolute Gasteiger partial charge is 0.356 e. The van der Waals surface area contributed by atoms with E-state index in [9.17, 15) is 9.18 Å². The summed E-state index contributed by atoms with van der Waals surface area (Å²) in [7, 11) is 1.80. The van der Waals surface area contributed by atoms with Gasteiger partial charge in [0.05, 0.1) is 5.69 Å². The lowest BCUT2D eigenvalue weighted by molar-refractivity contribution is 0.208. The summed E-state index contributed by atoms with van der Waals surface area (Å²) in [5.74, 6) is 0.701. The van der Waals surface area contributed by atoms with Gasteiger partial charge in [-0.2, -0.15) is 5.10 Å². The van der Waals surface area contributed by atoms with Crippen LogP contribution in [0.25, 0.3) is 11.3 Å². The second-order valence-electron chi connectivity index (χ2n) is 8.51. The number of H-pyrrole nitrogens is 1. The number of nitrogens with one attached hydrogen (secondary N) is 2. The molecular formula is C25H31FN6O. The van der Waals surface area contributed by atoms with Crippen molar-refractivity contribution in [2.75, 3.05) is 31.6 Å². The lowest BCUT2D eigenvalue weighted by atomic mass is 10.1. The van der Waals surface area contributed by atoms with Gasteiger partial charge in [0, 0.05) is 56.2 Å². The summed E-state index contributed by atoms with van der Waals surface area (Å²) in [4.78, 5) is 21.2. The van der Waals surface area contributed by atoms with Gasteiger partial charge in [-0.15, -0.1) is 0 Å². The molecule has 8 heteroatoms. The lowest BCUT2D eigenvalue weighted by Crippen LogP contribution is -2.38. The Morgan fingerprint density at radius 1 is 1.18 bits per heavy atom. The van der Waals surface area contributed by atoms with E-state index in [4.69, 9.17) is 0 Å². The normalized spacial score (nSPS) is 13.7. The molecule has 1 aromatic carbocycles. The Morgan fingerprint density at radius 2 is 2.03 bits per heavy atom. The van der Waals surface area contributed by atoms with Gasteiger partial charge in [-0.3, -0.25) is 5.10 Å². The lowest BCUT2D eigenvalue weighted by Gasteiger charge is -2.29. The fourth-order valence-electron chi connectivity index (χ4n) is 4.16. The van der Waals surface area contributed by atoms with Crippen molar-refractivity contribution in [3.05, 3.63) is 65.7 Å². The third-order valence-corrected chi connectivity index (χ3v) is 5.99. The van der Waals surface area contributed by atoms with Crippen LogP contribution in [0.4, 0.5) is 15.0 Å². The van der Waals surface area contributed by atoms with E-state index in [0.717, 1.165) is 54.3 Å². The molecule has 2 aromatic heterocycles. The van der Waals surface area contributed by atoms with Gasteiger partial charge in [-0.1, -0.05) is 18.2 Å². The van der Waals surface area contributed by atoms with Crippen molar-refractivity contribution in [2.24, 2.45) is 0 Å². The predicted octanol–water partition coefficient (Wildman–Crippen LogP) is 4.38. The minimum Gasteiger partial charge on any atom is -0.356 e. The highest BCUT2D eigenvalue weighted by Crippen LogP contribution is 2.22. The number of urea groups is 1. The van der Waals surface area contributed by atoms with E-state index in [-0.39, 0.29) is 11.8 Å². The van der Waals surface area contributed by atoms with E-state index in [1.165, 1.54) is 31.4 Å². The number of hydrogen-bond acceptors (Lipinski definition) is 4. The fourth-order valence-corrected chi connectivity index (χ4v) is 4.16. The van der Waals surface area contributed by atoms with E-state index in [0.29, 0.717) is 13.1 Å². The number of aromatic nitrogens is 3. The molecule has 0 bridgehead atoms. The zero-order chi connectivity index (χ0) is 23.0. The van der Waals surface area contributed by atoms with Crippen molar-refractivity contribution >= 4 is 11.8 Å². The van der Waals surface area contributed by atoms with E-state index in [1.54, 1.807) is 18.0 Å². The maximum atomic E-state index is 13.4. The highest BCUT2D eigenvalue weighted by Gasteiger charge is 2.16. The monoisotopic (exact) mass is 450 g/mol. The van der Waals surface area contributed by atoms with Crippen molar-refractivity contribution in [1.82, 2.24) is 25.4 Å². The molecule has 0 radical (unpaired) electrons. The molecule has 0 unspecified atom stereocenters. The predicted molar refractivity (Wildman–Crippen MR) is 127 cm³/mol. The van der Waals surface area contributed by atoms with Gasteiger partial charge in [0.1, 0.15) is 11.6 Å². The molecule has 0 aliphatic carbocycles. The van der Waals surface area contributed by atoms with Crippen LogP contribution in [-0.4, -0.2) is 52.8 Å². The van der Waals surface area contributed by atoms with Gasteiger partial charge >= 0.3 is 6.03 Å². The van der Waals surface area contributed by atoms with Crippen molar-refractivity contribution in [1.29, 1.82) is 0 Å². The number of carbonyl (C=O) groups excluding carboxylic acids is 1. The summed E-state index contributed by atoms with van der Waals surface area (Å²) < 4.78 is 13.4. The first-order chi connectivity index (χ1) is 16.1. The molecule has 7 nitrogen and oxygen atoms in total. The minimum absolute atomic E-state index is 0.103. The molecule has 3 heterocycles. The smallest absolute Gasteiger partial charge is 0.317 e. The number of pyridine rings is 1. The van der Waals surface area contributed by atoms with Gasteiger partial charge in [0.15, 0.2) is 0 Å². The molecule has 0 atom stereocenters. The first kappa shape index (κ1) is 22.8. The number of nitrogens with zero attached hydrogens (tertiary/aromatic N) is 4. The summed E-state index contributed by atoms with van der Waals surface area (Å²) in [6.07, 6.45) is 7.00. The van der Waals surface area contributed by atoms with Gasteiger partial charge in [0.2, 0.25) is 0 Å². The van der Waals surface area contributed by atoms with Gasteiger partial charge in [0.25, 0.3) is 0 Å². The third-order valence-electron chi connectivity index (χ3n) is 5.99.